The summed E-state index contributed by atoms with van der Waals surface area (Å²) in [6.07, 6.45) is 10.1. The summed E-state index contributed by atoms with van der Waals surface area (Å²) < 4.78 is 0. The zero-order chi connectivity index (χ0) is 32.2. The van der Waals surface area contributed by atoms with Crippen LogP contribution in [0.1, 0.15) is 50.4 Å². The van der Waals surface area contributed by atoms with Gasteiger partial charge in [-0.15, -0.1) is 12.0 Å². The molecule has 0 bridgehead atoms. The number of carboxylic acids is 2. The predicted molar refractivity (Wildman–Crippen MR) is 175 cm³/mol. The number of hydrazine groups is 2. The fourth-order valence-electron chi connectivity index (χ4n) is 3.49. The molecule has 1 aliphatic heterocycles. The summed E-state index contributed by atoms with van der Waals surface area (Å²) in [5.41, 5.74) is 19.8. The molecule has 0 atom stereocenters. The first kappa shape index (κ1) is 35.6. The second kappa shape index (κ2) is 16.9. The number of rotatable bonds is 5. The lowest BCUT2D eigenvalue weighted by Crippen LogP contribution is -2.36. The van der Waals surface area contributed by atoms with Crippen molar-refractivity contribution in [1.82, 2.24) is 20.9 Å². The van der Waals surface area contributed by atoms with Crippen molar-refractivity contribution in [2.75, 3.05) is 5.01 Å². The van der Waals surface area contributed by atoms with Crippen LogP contribution >= 0.6 is 23.2 Å². The summed E-state index contributed by atoms with van der Waals surface area (Å²) in [5, 5.41) is 23.7. The van der Waals surface area contributed by atoms with Gasteiger partial charge in [-0.05, 0) is 79.0 Å². The Morgan fingerprint density at radius 2 is 1.53 bits per heavy atom. The number of benzene rings is 2. The van der Waals surface area contributed by atoms with E-state index in [-0.39, 0.29) is 18.6 Å². The molecule has 14 heteroatoms. The van der Waals surface area contributed by atoms with E-state index in [0.717, 1.165) is 33.6 Å². The largest absolute Gasteiger partial charge is 0.478 e. The van der Waals surface area contributed by atoms with Crippen LogP contribution in [0.5, 0.6) is 0 Å². The molecule has 0 radical (unpaired) electrons. The summed E-state index contributed by atoms with van der Waals surface area (Å²) in [5.74, 6) is 0.441. The topological polar surface area (TPSA) is 176 Å². The van der Waals surface area contributed by atoms with Gasteiger partial charge in [-0.2, -0.15) is 0 Å². The fourth-order valence-corrected chi connectivity index (χ4v) is 3.71. The van der Waals surface area contributed by atoms with Crippen molar-refractivity contribution >= 4 is 52.2 Å². The SMILES string of the molecule is C.C#Cc1ccc(Cl)nc1.Cc1ccc(C(=O)O)cc1N1C=C(c2ccc(Cl)nc2)NN1.Cc1ccc(C(=O)O)cc1N=[N+]=[N-]. The van der Waals surface area contributed by atoms with Crippen molar-refractivity contribution in [2.45, 2.75) is 21.3 Å². The second-order valence-electron chi connectivity index (χ2n) is 8.84. The number of azide groups is 1. The molecule has 4 aromatic rings. The van der Waals surface area contributed by atoms with Gasteiger partial charge in [0.2, 0.25) is 0 Å². The molecule has 0 spiro atoms. The van der Waals surface area contributed by atoms with Crippen LogP contribution in [0.4, 0.5) is 11.4 Å². The summed E-state index contributed by atoms with van der Waals surface area (Å²) in [6, 6.07) is 16.4. The zero-order valence-corrected chi connectivity index (χ0v) is 24.7. The molecule has 4 N–H and O–H groups in total. The number of pyridine rings is 2. The molecule has 0 unspecified atom stereocenters. The molecule has 0 saturated heterocycles. The van der Waals surface area contributed by atoms with Gasteiger partial charge in [0.05, 0.1) is 22.5 Å². The molecule has 12 nitrogen and oxygen atoms in total. The van der Waals surface area contributed by atoms with E-state index in [1.807, 2.05) is 19.2 Å². The molecule has 0 aliphatic carbocycles. The third-order valence-corrected chi connectivity index (χ3v) is 6.27. The van der Waals surface area contributed by atoms with Gasteiger partial charge in [-0.3, -0.25) is 5.01 Å². The van der Waals surface area contributed by atoms with Gasteiger partial charge in [0.1, 0.15) is 10.3 Å². The maximum absolute atomic E-state index is 11.1. The van der Waals surface area contributed by atoms with E-state index >= 15 is 0 Å². The Balaban J connectivity index is 0.000000261. The lowest BCUT2D eigenvalue weighted by Gasteiger charge is -2.18. The number of hydrogen-bond acceptors (Lipinski definition) is 8. The fraction of sp³-hybridized carbons (Fsp3) is 0.0968. The molecular formula is C31H28Cl2N8O4. The molecule has 2 aromatic carbocycles. The molecule has 0 fully saturated rings. The highest BCUT2D eigenvalue weighted by Gasteiger charge is 2.17. The number of carbonyl (C=O) groups is 2. The van der Waals surface area contributed by atoms with Gasteiger partial charge < -0.3 is 15.6 Å². The highest BCUT2D eigenvalue weighted by atomic mass is 35.5. The molecule has 230 valence electrons. The number of nitrogens with zero attached hydrogens (tertiary/aromatic N) is 6. The van der Waals surface area contributed by atoms with Crippen LogP contribution in [0.15, 0.2) is 84.4 Å². The maximum atomic E-state index is 11.1. The van der Waals surface area contributed by atoms with Crippen LogP contribution < -0.4 is 16.0 Å². The normalized spacial score (nSPS) is 11.0. The van der Waals surface area contributed by atoms with Crippen molar-refractivity contribution in [1.29, 1.82) is 0 Å². The highest BCUT2D eigenvalue weighted by molar-refractivity contribution is 6.29. The van der Waals surface area contributed by atoms with E-state index in [9.17, 15) is 9.59 Å². The van der Waals surface area contributed by atoms with Crippen LogP contribution in [-0.4, -0.2) is 32.1 Å². The van der Waals surface area contributed by atoms with Crippen LogP contribution in [0, 0.1) is 26.2 Å². The maximum Gasteiger partial charge on any atom is 0.335 e. The first-order valence-electron chi connectivity index (χ1n) is 12.5. The van der Waals surface area contributed by atoms with Gasteiger partial charge in [-0.25, -0.2) is 19.6 Å². The first-order chi connectivity index (χ1) is 21.0. The van der Waals surface area contributed by atoms with E-state index in [1.165, 1.54) is 12.1 Å². The molecule has 1 aliphatic rings. The van der Waals surface area contributed by atoms with Crippen LogP contribution in [0.25, 0.3) is 16.1 Å². The number of nitrogens with one attached hydrogen (secondary N) is 2. The van der Waals surface area contributed by atoms with Crippen molar-refractivity contribution < 1.29 is 19.8 Å². The van der Waals surface area contributed by atoms with Crippen molar-refractivity contribution in [2.24, 2.45) is 5.11 Å². The monoisotopic (exact) mass is 646 g/mol. The number of carboxylic acid groups (broad SMARTS) is 2. The minimum Gasteiger partial charge on any atom is -0.478 e. The van der Waals surface area contributed by atoms with Gasteiger partial charge in [0.25, 0.3) is 0 Å². The molecule has 3 heterocycles. The van der Waals surface area contributed by atoms with Crippen molar-refractivity contribution in [3.63, 3.8) is 0 Å². The molecule has 0 saturated carbocycles. The van der Waals surface area contributed by atoms with Crippen LogP contribution in [-0.2, 0) is 0 Å². The average molecular weight is 648 g/mol. The van der Waals surface area contributed by atoms with E-state index in [4.69, 9.17) is 45.4 Å². The van der Waals surface area contributed by atoms with E-state index in [1.54, 1.807) is 66.8 Å². The summed E-state index contributed by atoms with van der Waals surface area (Å²) >= 11 is 11.3. The van der Waals surface area contributed by atoms with E-state index < -0.39 is 11.9 Å². The molecule has 5 rings (SSSR count). The Labute approximate surface area is 269 Å². The Morgan fingerprint density at radius 1 is 0.933 bits per heavy atom. The van der Waals surface area contributed by atoms with Gasteiger partial charge >= 0.3 is 11.9 Å². The summed E-state index contributed by atoms with van der Waals surface area (Å²) in [4.78, 5) is 32.0. The lowest BCUT2D eigenvalue weighted by atomic mass is 10.1. The van der Waals surface area contributed by atoms with Crippen LogP contribution in [0.2, 0.25) is 10.3 Å². The number of halogens is 2. The zero-order valence-electron chi connectivity index (χ0n) is 23.2. The predicted octanol–water partition coefficient (Wildman–Crippen LogP) is 7.56. The summed E-state index contributed by atoms with van der Waals surface area (Å²) in [6.45, 7) is 3.66. The third kappa shape index (κ3) is 10.3. The first-order valence-corrected chi connectivity index (χ1v) is 13.2. The highest BCUT2D eigenvalue weighted by Crippen LogP contribution is 2.25. The smallest absolute Gasteiger partial charge is 0.335 e. The molecule has 45 heavy (non-hydrogen) atoms. The van der Waals surface area contributed by atoms with Crippen molar-refractivity contribution in [3.05, 3.63) is 133 Å². The van der Waals surface area contributed by atoms with Gasteiger partial charge in [-0.1, -0.05) is 53.8 Å². The molecular weight excluding hydrogens is 619 g/mol. The van der Waals surface area contributed by atoms with Crippen LogP contribution in [0.3, 0.4) is 0 Å². The van der Waals surface area contributed by atoms with E-state index in [2.05, 4.69) is 36.9 Å². The minimum atomic E-state index is -1.03. The second-order valence-corrected chi connectivity index (χ2v) is 9.61. The minimum absolute atomic E-state index is 0. The van der Waals surface area contributed by atoms with E-state index in [0.29, 0.717) is 16.0 Å². The average Bonchev–Trinajstić information content (AvgIpc) is 3.50. The number of anilines is 1. The Morgan fingerprint density at radius 3 is 2.07 bits per heavy atom. The molecule has 2 aromatic heterocycles. The third-order valence-electron chi connectivity index (χ3n) is 5.83. The Hall–Kier alpha value is -5.57. The van der Waals surface area contributed by atoms with Crippen molar-refractivity contribution in [3.8, 4) is 12.3 Å². The van der Waals surface area contributed by atoms with Gasteiger partial charge in [0, 0.05) is 40.3 Å². The van der Waals surface area contributed by atoms with Gasteiger partial charge in [0.15, 0.2) is 0 Å². The number of terminal acetylenes is 1. The number of aromatic carboxylic acids is 2. The molecule has 0 amide bonds. The number of aromatic nitrogens is 2. The number of aryl methyl sites for hydroxylation is 2. The standard InChI is InChI=1S/C15H13ClN4O2.C8H7N3O2.C7H4ClN.CH4/c1-9-2-3-10(15(21)22)6-13(9)20-8-12(18-19-20)11-4-5-14(16)17-7-11;1-5-2-3-6(8(12)13)4-7(5)10-11-9;1-2-6-3-4-7(8)9-5-6;/h2-8,18-19H,1H3,(H,21,22);2-4H,1H3,(H,12,13);1,3-5H;1H4. The quantitative estimate of drug-likeness (QED) is 0.0560. The Bertz CT molecular complexity index is 1780. The lowest BCUT2D eigenvalue weighted by molar-refractivity contribution is 0.0686. The number of hydrogen-bond donors (Lipinski definition) is 4. The Kier molecular flexibility index (Phi) is 13.4. The summed E-state index contributed by atoms with van der Waals surface area (Å²) in [7, 11) is 0.